The summed E-state index contributed by atoms with van der Waals surface area (Å²) >= 11 is 3.57. The van der Waals surface area contributed by atoms with Gasteiger partial charge in [0.05, 0.1) is 0 Å². The maximum atomic E-state index is 6.13. The van der Waals surface area contributed by atoms with E-state index in [1.165, 1.54) is 47.7 Å². The summed E-state index contributed by atoms with van der Waals surface area (Å²) in [6.45, 7) is 0.749. The summed E-state index contributed by atoms with van der Waals surface area (Å²) in [6.07, 6.45) is 8.81. The lowest BCUT2D eigenvalue weighted by Crippen LogP contribution is -2.57. The van der Waals surface area contributed by atoms with E-state index in [0.29, 0.717) is 6.04 Å². The molecule has 104 valence electrons. The molecule has 1 atom stereocenters. The van der Waals surface area contributed by atoms with E-state index in [4.69, 9.17) is 5.73 Å². The lowest BCUT2D eigenvalue weighted by atomic mass is 9.77. The molecule has 2 aliphatic rings. The maximum absolute atomic E-state index is 6.13. The molecule has 2 nitrogen and oxygen atoms in total. The monoisotopic (exact) mass is 322 g/mol. The second-order valence-electron chi connectivity index (χ2n) is 6.20. The van der Waals surface area contributed by atoms with Crippen molar-refractivity contribution in [3.05, 3.63) is 33.8 Å². The molecule has 1 unspecified atom stereocenters. The smallest absolute Gasteiger partial charge is 0.0350 e. The highest BCUT2D eigenvalue weighted by molar-refractivity contribution is 9.10. The highest BCUT2D eigenvalue weighted by atomic mass is 79.9. The largest absolute Gasteiger partial charge is 0.329 e. The first-order valence-electron chi connectivity index (χ1n) is 7.46. The van der Waals surface area contributed by atoms with Crippen LogP contribution in [-0.2, 0) is 12.8 Å². The Bertz CT molecular complexity index is 454. The van der Waals surface area contributed by atoms with Crippen LogP contribution in [0.1, 0.15) is 43.2 Å². The van der Waals surface area contributed by atoms with Gasteiger partial charge < -0.3 is 11.1 Å². The third kappa shape index (κ3) is 2.88. The zero-order valence-corrected chi connectivity index (χ0v) is 13.0. The zero-order valence-electron chi connectivity index (χ0n) is 11.4. The third-order valence-electron chi connectivity index (χ3n) is 4.83. The van der Waals surface area contributed by atoms with Crippen molar-refractivity contribution in [2.45, 2.75) is 56.5 Å². The van der Waals surface area contributed by atoms with E-state index in [9.17, 15) is 0 Å². The normalized spacial score (nSPS) is 27.5. The van der Waals surface area contributed by atoms with Crippen molar-refractivity contribution in [3.63, 3.8) is 0 Å². The molecule has 3 rings (SSSR count). The lowest BCUT2D eigenvalue weighted by Gasteiger charge is -2.40. The fourth-order valence-corrected chi connectivity index (χ4v) is 4.09. The number of aryl methyl sites for hydroxylation is 1. The van der Waals surface area contributed by atoms with Gasteiger partial charge in [-0.05, 0) is 55.4 Å². The second kappa shape index (κ2) is 5.55. The summed E-state index contributed by atoms with van der Waals surface area (Å²) in [6, 6.07) is 7.38. The predicted octanol–water partition coefficient (Wildman–Crippen LogP) is 3.17. The molecule has 2 aliphatic carbocycles. The Morgan fingerprint density at radius 1 is 1.26 bits per heavy atom. The average Bonchev–Trinajstić information content (AvgIpc) is 2.92. The first kappa shape index (κ1) is 13.6. The van der Waals surface area contributed by atoms with E-state index in [1.54, 1.807) is 0 Å². The molecule has 19 heavy (non-hydrogen) atoms. The van der Waals surface area contributed by atoms with E-state index < -0.39 is 0 Å². The molecule has 0 spiro atoms. The van der Waals surface area contributed by atoms with Crippen LogP contribution in [0.5, 0.6) is 0 Å². The summed E-state index contributed by atoms with van der Waals surface area (Å²) in [4.78, 5) is 0. The highest BCUT2D eigenvalue weighted by Crippen LogP contribution is 2.32. The van der Waals surface area contributed by atoms with Crippen molar-refractivity contribution in [2.24, 2.45) is 5.73 Å². The fraction of sp³-hybridized carbons (Fsp3) is 0.625. The number of rotatable bonds is 3. The van der Waals surface area contributed by atoms with Gasteiger partial charge in [0.2, 0.25) is 0 Å². The quantitative estimate of drug-likeness (QED) is 0.897. The van der Waals surface area contributed by atoms with Crippen molar-refractivity contribution in [2.75, 3.05) is 6.54 Å². The summed E-state index contributed by atoms with van der Waals surface area (Å²) in [5, 5.41) is 3.90. The first-order valence-corrected chi connectivity index (χ1v) is 8.25. The number of hydrogen-bond donors (Lipinski definition) is 2. The van der Waals surface area contributed by atoms with Gasteiger partial charge in [0.25, 0.3) is 0 Å². The molecule has 0 heterocycles. The number of fused-ring (bicyclic) bond motifs is 1. The second-order valence-corrected chi connectivity index (χ2v) is 7.12. The van der Waals surface area contributed by atoms with Crippen LogP contribution in [-0.4, -0.2) is 18.1 Å². The Labute approximate surface area is 124 Å². The number of hydrogen-bond acceptors (Lipinski definition) is 2. The molecule has 1 saturated carbocycles. The Morgan fingerprint density at radius 2 is 2.05 bits per heavy atom. The van der Waals surface area contributed by atoms with Crippen LogP contribution >= 0.6 is 15.9 Å². The van der Waals surface area contributed by atoms with E-state index in [2.05, 4.69) is 39.4 Å². The summed E-state index contributed by atoms with van der Waals surface area (Å²) < 4.78 is 1.19. The SMILES string of the molecule is NCC1(NC2CCCC2)CCc2cc(Br)ccc2C1. The van der Waals surface area contributed by atoms with Crippen molar-refractivity contribution in [1.29, 1.82) is 0 Å². The first-order chi connectivity index (χ1) is 9.21. The minimum atomic E-state index is 0.135. The van der Waals surface area contributed by atoms with Gasteiger partial charge in [-0.1, -0.05) is 34.8 Å². The molecule has 0 bridgehead atoms. The number of nitrogens with one attached hydrogen (secondary N) is 1. The molecule has 3 N–H and O–H groups in total. The Kier molecular flexibility index (Phi) is 3.97. The number of benzene rings is 1. The molecule has 0 aliphatic heterocycles. The minimum Gasteiger partial charge on any atom is -0.329 e. The van der Waals surface area contributed by atoms with E-state index in [1.807, 2.05) is 0 Å². The molecule has 1 aromatic carbocycles. The van der Waals surface area contributed by atoms with E-state index in [-0.39, 0.29) is 5.54 Å². The standard InChI is InChI=1S/C16H23BrN2/c17-14-6-5-13-10-16(11-18,8-7-12(13)9-14)19-15-3-1-2-4-15/h5-6,9,15,19H,1-4,7-8,10-11,18H2. The van der Waals surface area contributed by atoms with Crippen LogP contribution in [0.4, 0.5) is 0 Å². The fourth-order valence-electron chi connectivity index (χ4n) is 3.69. The molecule has 0 aromatic heterocycles. The Morgan fingerprint density at radius 3 is 2.79 bits per heavy atom. The molecule has 1 fully saturated rings. The molecule has 1 aromatic rings. The van der Waals surface area contributed by atoms with Crippen LogP contribution in [0.25, 0.3) is 0 Å². The zero-order chi connectivity index (χ0) is 13.3. The van der Waals surface area contributed by atoms with Crippen molar-refractivity contribution in [1.82, 2.24) is 5.32 Å². The minimum absolute atomic E-state index is 0.135. The topological polar surface area (TPSA) is 38.0 Å². The molecule has 0 saturated heterocycles. The highest BCUT2D eigenvalue weighted by Gasteiger charge is 2.35. The predicted molar refractivity (Wildman–Crippen MR) is 83.3 cm³/mol. The molecule has 0 radical (unpaired) electrons. The Balaban J connectivity index is 1.78. The van der Waals surface area contributed by atoms with Gasteiger partial charge in [-0.15, -0.1) is 0 Å². The third-order valence-corrected chi connectivity index (χ3v) is 5.32. The van der Waals surface area contributed by atoms with Gasteiger partial charge in [0.15, 0.2) is 0 Å². The van der Waals surface area contributed by atoms with Gasteiger partial charge in [-0.3, -0.25) is 0 Å². The van der Waals surface area contributed by atoms with E-state index >= 15 is 0 Å². The van der Waals surface area contributed by atoms with Gasteiger partial charge in [0, 0.05) is 22.6 Å². The summed E-state index contributed by atoms with van der Waals surface area (Å²) in [5.74, 6) is 0. The Hall–Kier alpha value is -0.380. The lowest BCUT2D eigenvalue weighted by molar-refractivity contribution is 0.259. The molecule has 3 heteroatoms. The number of halogens is 1. The molecular formula is C16H23BrN2. The van der Waals surface area contributed by atoms with Crippen LogP contribution < -0.4 is 11.1 Å². The summed E-state index contributed by atoms with van der Waals surface area (Å²) in [5.41, 5.74) is 9.24. The van der Waals surface area contributed by atoms with Gasteiger partial charge >= 0.3 is 0 Å². The van der Waals surface area contributed by atoms with Crippen molar-refractivity contribution >= 4 is 15.9 Å². The van der Waals surface area contributed by atoms with Gasteiger partial charge in [0.1, 0.15) is 0 Å². The molecule has 0 amide bonds. The molecular weight excluding hydrogens is 300 g/mol. The van der Waals surface area contributed by atoms with E-state index in [0.717, 1.165) is 19.4 Å². The van der Waals surface area contributed by atoms with Gasteiger partial charge in [-0.25, -0.2) is 0 Å². The van der Waals surface area contributed by atoms with Gasteiger partial charge in [-0.2, -0.15) is 0 Å². The van der Waals surface area contributed by atoms with Crippen LogP contribution in [0, 0.1) is 0 Å². The van der Waals surface area contributed by atoms with Crippen LogP contribution in [0.15, 0.2) is 22.7 Å². The average molecular weight is 323 g/mol. The van der Waals surface area contributed by atoms with Crippen LogP contribution in [0.3, 0.4) is 0 Å². The number of nitrogens with two attached hydrogens (primary N) is 1. The van der Waals surface area contributed by atoms with Crippen molar-refractivity contribution < 1.29 is 0 Å². The summed E-state index contributed by atoms with van der Waals surface area (Å²) in [7, 11) is 0. The van der Waals surface area contributed by atoms with Crippen molar-refractivity contribution in [3.8, 4) is 0 Å². The van der Waals surface area contributed by atoms with Crippen LogP contribution in [0.2, 0.25) is 0 Å². The maximum Gasteiger partial charge on any atom is 0.0350 e.